The second kappa shape index (κ2) is 10.9. The Balaban J connectivity index is 1.88. The molecule has 2 aliphatic heterocycles. The fourth-order valence-corrected chi connectivity index (χ4v) is 5.79. The highest BCUT2D eigenvalue weighted by atomic mass is 32.1. The van der Waals surface area contributed by atoms with E-state index in [0.29, 0.717) is 22.7 Å². The van der Waals surface area contributed by atoms with Gasteiger partial charge in [-0.2, -0.15) is 4.73 Å². The number of hydrogen-bond acceptors (Lipinski definition) is 8. The summed E-state index contributed by atoms with van der Waals surface area (Å²) in [5, 5.41) is 36.4. The summed E-state index contributed by atoms with van der Waals surface area (Å²) < 4.78 is 12.7. The van der Waals surface area contributed by atoms with Crippen LogP contribution in [-0.4, -0.2) is 52.0 Å². The monoisotopic (exact) mass is 523 g/mol. The van der Waals surface area contributed by atoms with Crippen LogP contribution in [0.2, 0.25) is 0 Å². The molecule has 3 heterocycles. The average Bonchev–Trinajstić information content (AvgIpc) is 3.34. The number of fused-ring (bicyclic) bond motifs is 1. The normalized spacial score (nSPS) is 36.8. The fourth-order valence-electron chi connectivity index (χ4n) is 5.14. The molecule has 0 amide bonds. The quantitative estimate of drug-likeness (QED) is 0.262. The van der Waals surface area contributed by atoms with Gasteiger partial charge in [-0.25, -0.2) is 0 Å². The number of aryl methyl sites for hydroxylation is 1. The summed E-state index contributed by atoms with van der Waals surface area (Å²) in [6, 6.07) is 0. The summed E-state index contributed by atoms with van der Waals surface area (Å²) in [6.07, 6.45) is 1.29. The van der Waals surface area contributed by atoms with E-state index >= 15 is 0 Å². The van der Waals surface area contributed by atoms with Gasteiger partial charge < -0.3 is 24.9 Å². The van der Waals surface area contributed by atoms with Crippen LogP contribution in [0.3, 0.4) is 0 Å². The van der Waals surface area contributed by atoms with Crippen molar-refractivity contribution in [2.75, 3.05) is 0 Å². The van der Waals surface area contributed by atoms with Crippen molar-refractivity contribution in [3.8, 4) is 0 Å². The van der Waals surface area contributed by atoms with Gasteiger partial charge in [-0.15, -0.1) is 0 Å². The van der Waals surface area contributed by atoms with E-state index in [0.717, 1.165) is 24.0 Å². The van der Waals surface area contributed by atoms with Crippen molar-refractivity contribution >= 4 is 29.2 Å². The molecular weight excluding hydrogens is 482 g/mol. The van der Waals surface area contributed by atoms with Crippen LogP contribution in [0.1, 0.15) is 84.3 Å². The summed E-state index contributed by atoms with van der Waals surface area (Å²) in [5.74, 6) is -1.69. The predicted molar refractivity (Wildman–Crippen MR) is 137 cm³/mol. The first-order valence-electron chi connectivity index (χ1n) is 12.8. The van der Waals surface area contributed by atoms with Crippen LogP contribution in [-0.2, 0) is 19.1 Å². The molecule has 0 saturated carbocycles. The van der Waals surface area contributed by atoms with Crippen LogP contribution in [0.15, 0.2) is 11.0 Å². The zero-order valence-corrected chi connectivity index (χ0v) is 23.3. The molecule has 2 aliphatic rings. The van der Waals surface area contributed by atoms with E-state index in [-0.39, 0.29) is 29.8 Å². The van der Waals surface area contributed by atoms with Crippen LogP contribution in [0, 0.1) is 29.4 Å². The third-order valence-corrected chi connectivity index (χ3v) is 9.03. The number of nitrogens with zero attached hydrogens (tertiary/aromatic N) is 1. The maximum absolute atomic E-state index is 13.2. The summed E-state index contributed by atoms with van der Waals surface area (Å²) in [6.45, 7) is 12.4. The lowest BCUT2D eigenvalue weighted by atomic mass is 9.73. The number of carbonyl (C=O) groups is 2. The molecule has 1 aromatic heterocycles. The molecule has 0 aliphatic carbocycles. The van der Waals surface area contributed by atoms with E-state index in [1.165, 1.54) is 11.3 Å². The molecule has 2 saturated heterocycles. The van der Waals surface area contributed by atoms with Crippen molar-refractivity contribution in [2.45, 2.75) is 111 Å². The number of carbonyl (C=O) groups excluding carboxylic acids is 2. The number of cyclic esters (lactones) is 1. The zero-order valence-electron chi connectivity index (χ0n) is 22.4. The zero-order chi connectivity index (χ0) is 27.0. The second-order valence-electron chi connectivity index (χ2n) is 11.5. The molecule has 0 aromatic carbocycles. The molecule has 2 N–H and O–H groups in total. The topological polar surface area (TPSA) is 123 Å². The molecular formula is C27H41NO7S. The molecule has 202 valence electrons. The van der Waals surface area contributed by atoms with Gasteiger partial charge in [0.25, 0.3) is 0 Å². The first kappa shape index (κ1) is 28.8. The number of Topliss-reactive ketones (excluding diaryl/α,β-unsaturated/α-hetero) is 1. The second-order valence-corrected chi connectivity index (χ2v) is 12.5. The SMILES string of the molecule is CC(=Cc1csc(C)[n+]1[O-])C1C[C@@H]2O[C@]2(C)CCC[C@H](C)[C@H](O)[C@@H](C)C(=O)C(C)(C)[C@@H](O)CC(=O)O1. The molecule has 7 atom stereocenters. The number of ketones is 1. The Kier molecular flexibility index (Phi) is 8.70. The highest BCUT2D eigenvalue weighted by Gasteiger charge is 2.53. The Morgan fingerprint density at radius 3 is 2.53 bits per heavy atom. The third kappa shape index (κ3) is 6.18. The number of rotatable bonds is 2. The molecule has 36 heavy (non-hydrogen) atoms. The maximum atomic E-state index is 13.2. The number of aliphatic hydroxyl groups excluding tert-OH is 2. The lowest BCUT2D eigenvalue weighted by Crippen LogP contribution is -2.45. The van der Waals surface area contributed by atoms with Gasteiger partial charge in [0.2, 0.25) is 10.7 Å². The molecule has 2 fully saturated rings. The van der Waals surface area contributed by atoms with Crippen molar-refractivity contribution in [3.63, 3.8) is 0 Å². The van der Waals surface area contributed by atoms with Gasteiger partial charge in [0.1, 0.15) is 11.9 Å². The largest absolute Gasteiger partial charge is 0.617 e. The molecule has 0 spiro atoms. The first-order valence-corrected chi connectivity index (χ1v) is 13.7. The Labute approximate surface area is 217 Å². The molecule has 8 nitrogen and oxygen atoms in total. The minimum atomic E-state index is -1.27. The van der Waals surface area contributed by atoms with E-state index in [9.17, 15) is 25.0 Å². The Hall–Kier alpha value is -1.81. The van der Waals surface area contributed by atoms with Crippen molar-refractivity contribution < 1.29 is 34.0 Å². The van der Waals surface area contributed by atoms with Gasteiger partial charge in [-0.1, -0.05) is 45.5 Å². The van der Waals surface area contributed by atoms with E-state index in [2.05, 4.69) is 0 Å². The Morgan fingerprint density at radius 2 is 1.92 bits per heavy atom. The third-order valence-electron chi connectivity index (χ3n) is 8.16. The number of ether oxygens (including phenoxy) is 2. The Bertz CT molecular complexity index is 1000. The standard InChI is InChI=1S/C27H41NO7S/c1-15-9-8-10-27(7)22(35-27)12-20(16(2)11-19-14-36-18(4)28(19)33)34-23(30)13-21(29)26(5,6)25(32)17(3)24(15)31/h11,14-15,17,20-22,24,29,31H,8-10,12-13H2,1-7H3/t15-,17+,20?,21-,22-,24-,27+/m0/s1. The van der Waals surface area contributed by atoms with E-state index in [4.69, 9.17) is 9.47 Å². The summed E-state index contributed by atoms with van der Waals surface area (Å²) in [7, 11) is 0. The summed E-state index contributed by atoms with van der Waals surface area (Å²) in [4.78, 5) is 26.2. The van der Waals surface area contributed by atoms with Gasteiger partial charge in [-0.05, 0) is 38.2 Å². The van der Waals surface area contributed by atoms with E-state index < -0.39 is 35.6 Å². The van der Waals surface area contributed by atoms with Crippen molar-refractivity contribution in [3.05, 3.63) is 26.9 Å². The van der Waals surface area contributed by atoms with Crippen LogP contribution >= 0.6 is 11.3 Å². The van der Waals surface area contributed by atoms with Crippen LogP contribution in [0.25, 0.3) is 6.08 Å². The lowest BCUT2D eigenvalue weighted by Gasteiger charge is -2.34. The number of aliphatic hydroxyl groups is 2. The van der Waals surface area contributed by atoms with Crippen molar-refractivity contribution in [1.82, 2.24) is 0 Å². The highest BCUT2D eigenvalue weighted by Crippen LogP contribution is 2.45. The number of epoxide rings is 1. The maximum Gasteiger partial charge on any atom is 0.309 e. The van der Waals surface area contributed by atoms with Crippen LogP contribution < -0.4 is 4.73 Å². The number of hydrogen-bond donors (Lipinski definition) is 2. The van der Waals surface area contributed by atoms with Crippen molar-refractivity contribution in [1.29, 1.82) is 0 Å². The summed E-state index contributed by atoms with van der Waals surface area (Å²) >= 11 is 1.35. The van der Waals surface area contributed by atoms with Gasteiger partial charge in [0.05, 0.1) is 41.1 Å². The number of esters is 1. The molecule has 0 bridgehead atoms. The Morgan fingerprint density at radius 1 is 1.25 bits per heavy atom. The molecule has 1 aromatic rings. The average molecular weight is 524 g/mol. The highest BCUT2D eigenvalue weighted by molar-refractivity contribution is 7.09. The molecule has 1 unspecified atom stereocenters. The van der Waals surface area contributed by atoms with Gasteiger partial charge in [0, 0.05) is 25.3 Å². The minimum absolute atomic E-state index is 0.0960. The molecule has 3 rings (SSSR count). The van der Waals surface area contributed by atoms with Crippen LogP contribution in [0.5, 0.6) is 0 Å². The van der Waals surface area contributed by atoms with Gasteiger partial charge in [0.15, 0.2) is 0 Å². The number of aromatic nitrogens is 1. The fraction of sp³-hybridized carbons (Fsp3) is 0.741. The minimum Gasteiger partial charge on any atom is -0.617 e. The molecule has 0 radical (unpaired) electrons. The smallest absolute Gasteiger partial charge is 0.309 e. The summed E-state index contributed by atoms with van der Waals surface area (Å²) in [5.41, 5.74) is -0.407. The van der Waals surface area contributed by atoms with E-state index in [1.807, 2.05) is 20.8 Å². The van der Waals surface area contributed by atoms with Gasteiger partial charge >= 0.3 is 5.97 Å². The van der Waals surface area contributed by atoms with Gasteiger partial charge in [-0.3, -0.25) is 9.59 Å². The first-order chi connectivity index (χ1) is 16.7. The van der Waals surface area contributed by atoms with Crippen LogP contribution in [0.4, 0.5) is 0 Å². The van der Waals surface area contributed by atoms with Crippen molar-refractivity contribution in [2.24, 2.45) is 17.3 Å². The predicted octanol–water partition coefficient (Wildman–Crippen LogP) is 3.72. The number of thiazole rings is 1. The van der Waals surface area contributed by atoms with E-state index in [1.54, 1.807) is 39.2 Å². The molecule has 9 heteroatoms. The lowest BCUT2D eigenvalue weighted by molar-refractivity contribution is -0.608.